The molecule has 1 saturated carbocycles. The van der Waals surface area contributed by atoms with Crippen molar-refractivity contribution in [3.8, 4) is 0 Å². The van der Waals surface area contributed by atoms with E-state index in [0.717, 1.165) is 18.7 Å². The van der Waals surface area contributed by atoms with Gasteiger partial charge in [0.1, 0.15) is 5.82 Å². The van der Waals surface area contributed by atoms with Crippen LogP contribution < -0.4 is 10.6 Å². The van der Waals surface area contributed by atoms with Crippen molar-refractivity contribution in [1.82, 2.24) is 20.6 Å². The Kier molecular flexibility index (Phi) is 5.50. The summed E-state index contributed by atoms with van der Waals surface area (Å²) in [4.78, 5) is 20.1. The van der Waals surface area contributed by atoms with Gasteiger partial charge >= 0.3 is 6.03 Å². The Labute approximate surface area is 125 Å². The van der Waals surface area contributed by atoms with Crippen molar-refractivity contribution in [1.29, 1.82) is 0 Å². The number of nitrogens with one attached hydrogen (secondary N) is 2. The second-order valence-corrected chi connectivity index (χ2v) is 5.73. The molecule has 2 rings (SSSR count). The third-order valence-electron chi connectivity index (χ3n) is 4.14. The van der Waals surface area contributed by atoms with E-state index in [1.54, 1.807) is 19.4 Å². The Morgan fingerprint density at radius 3 is 2.86 bits per heavy atom. The Morgan fingerprint density at radius 1 is 1.43 bits per heavy atom. The minimum atomic E-state index is -0.144. The molecule has 21 heavy (non-hydrogen) atoms. The van der Waals surface area contributed by atoms with E-state index >= 15 is 0 Å². The molecule has 116 valence electrons. The van der Waals surface area contributed by atoms with Crippen LogP contribution in [0.25, 0.3) is 0 Å². The first kappa shape index (κ1) is 15.7. The molecule has 0 aliphatic heterocycles. The van der Waals surface area contributed by atoms with Crippen LogP contribution in [0.1, 0.15) is 37.2 Å². The van der Waals surface area contributed by atoms with Gasteiger partial charge in [0.2, 0.25) is 0 Å². The lowest BCUT2D eigenvalue weighted by Gasteiger charge is -2.42. The van der Waals surface area contributed by atoms with E-state index in [9.17, 15) is 4.79 Å². The lowest BCUT2D eigenvalue weighted by Crippen LogP contribution is -2.46. The van der Waals surface area contributed by atoms with Crippen molar-refractivity contribution in [3.63, 3.8) is 0 Å². The second-order valence-electron chi connectivity index (χ2n) is 5.73. The maximum atomic E-state index is 11.9. The van der Waals surface area contributed by atoms with E-state index in [1.165, 1.54) is 19.3 Å². The molecule has 0 atom stereocenters. The summed E-state index contributed by atoms with van der Waals surface area (Å²) in [6.45, 7) is 3.72. The van der Waals surface area contributed by atoms with Crippen LogP contribution in [0.2, 0.25) is 0 Å². The van der Waals surface area contributed by atoms with Crippen LogP contribution in [0.3, 0.4) is 0 Å². The van der Waals surface area contributed by atoms with E-state index in [2.05, 4.69) is 20.6 Å². The fraction of sp³-hybridized carbons (Fsp3) is 0.667. The molecule has 0 radical (unpaired) electrons. The molecule has 0 spiro atoms. The molecule has 2 N–H and O–H groups in total. The van der Waals surface area contributed by atoms with Crippen LogP contribution >= 0.6 is 0 Å². The number of nitrogens with zero attached hydrogens (tertiary/aromatic N) is 2. The zero-order chi connectivity index (χ0) is 15.1. The smallest absolute Gasteiger partial charge is 0.315 e. The van der Waals surface area contributed by atoms with Crippen LogP contribution in [0, 0.1) is 12.3 Å². The van der Waals surface area contributed by atoms with Gasteiger partial charge < -0.3 is 15.4 Å². The lowest BCUT2D eigenvalue weighted by atomic mass is 9.67. The largest absolute Gasteiger partial charge is 0.385 e. The number of hydrogen-bond donors (Lipinski definition) is 2. The van der Waals surface area contributed by atoms with Gasteiger partial charge in [0, 0.05) is 26.5 Å². The Morgan fingerprint density at radius 2 is 2.24 bits per heavy atom. The summed E-state index contributed by atoms with van der Waals surface area (Å²) < 4.78 is 5.15. The molecular formula is C15H24N4O2. The fourth-order valence-electron chi connectivity index (χ4n) is 2.62. The van der Waals surface area contributed by atoms with Gasteiger partial charge in [-0.1, -0.05) is 6.42 Å². The summed E-state index contributed by atoms with van der Waals surface area (Å²) in [6, 6.07) is 1.66. The minimum absolute atomic E-state index is 0.144. The average Bonchev–Trinajstić information content (AvgIpc) is 2.44. The van der Waals surface area contributed by atoms with Crippen LogP contribution in [-0.2, 0) is 11.3 Å². The number of carbonyl (C=O) groups excluding carboxylic acids is 1. The van der Waals surface area contributed by atoms with Crippen molar-refractivity contribution in [2.45, 2.75) is 39.2 Å². The number of aryl methyl sites for hydroxylation is 1. The number of hydrogen-bond acceptors (Lipinski definition) is 4. The number of urea groups is 1. The highest BCUT2D eigenvalue weighted by Gasteiger charge is 2.36. The number of rotatable bonds is 7. The average molecular weight is 292 g/mol. The van der Waals surface area contributed by atoms with Crippen LogP contribution in [0.5, 0.6) is 0 Å². The maximum absolute atomic E-state index is 11.9. The van der Waals surface area contributed by atoms with Crippen LogP contribution in [0.15, 0.2) is 12.3 Å². The molecule has 1 aromatic rings. The lowest BCUT2D eigenvalue weighted by molar-refractivity contribution is 0.0712. The van der Waals surface area contributed by atoms with Gasteiger partial charge in [-0.3, -0.25) is 0 Å². The Hall–Kier alpha value is -1.69. The summed E-state index contributed by atoms with van der Waals surface area (Å²) >= 11 is 0. The molecule has 1 aliphatic carbocycles. The standard InChI is InChI=1S/C15H24N4O2/c1-12-16-8-4-13(19-12)10-17-14(20)18-11-15(5-3-6-15)7-9-21-2/h4,8H,3,5-7,9-11H2,1-2H3,(H2,17,18,20). The summed E-state index contributed by atoms with van der Waals surface area (Å²) in [5, 5.41) is 5.80. The third-order valence-corrected chi connectivity index (χ3v) is 4.14. The molecule has 6 nitrogen and oxygen atoms in total. The van der Waals surface area contributed by atoms with E-state index in [0.29, 0.717) is 18.9 Å². The number of carbonyl (C=O) groups is 1. The van der Waals surface area contributed by atoms with E-state index in [1.807, 2.05) is 6.92 Å². The fourth-order valence-corrected chi connectivity index (χ4v) is 2.62. The summed E-state index contributed by atoms with van der Waals surface area (Å²) in [7, 11) is 1.72. The quantitative estimate of drug-likeness (QED) is 0.803. The van der Waals surface area contributed by atoms with Gasteiger partial charge in [0.25, 0.3) is 0 Å². The molecule has 1 aromatic heterocycles. The Bertz CT molecular complexity index is 474. The van der Waals surface area contributed by atoms with E-state index in [-0.39, 0.29) is 11.4 Å². The first-order chi connectivity index (χ1) is 10.1. The molecule has 0 saturated heterocycles. The van der Waals surface area contributed by atoms with Gasteiger partial charge in [0.15, 0.2) is 0 Å². The van der Waals surface area contributed by atoms with Crippen molar-refractivity contribution in [3.05, 3.63) is 23.8 Å². The minimum Gasteiger partial charge on any atom is -0.385 e. The van der Waals surface area contributed by atoms with Crippen LogP contribution in [0.4, 0.5) is 4.79 Å². The number of aromatic nitrogens is 2. The Balaban J connectivity index is 1.72. The number of methoxy groups -OCH3 is 1. The molecule has 2 amide bonds. The first-order valence-electron chi connectivity index (χ1n) is 7.43. The predicted molar refractivity (Wildman–Crippen MR) is 79.8 cm³/mol. The zero-order valence-electron chi connectivity index (χ0n) is 12.8. The molecule has 1 aliphatic rings. The summed E-state index contributed by atoms with van der Waals surface area (Å²) in [6.07, 6.45) is 6.29. The van der Waals surface area contributed by atoms with E-state index in [4.69, 9.17) is 4.74 Å². The SMILES string of the molecule is COCCC1(CNC(=O)NCc2ccnc(C)n2)CCC1. The van der Waals surface area contributed by atoms with Gasteiger partial charge in [-0.25, -0.2) is 14.8 Å². The summed E-state index contributed by atoms with van der Waals surface area (Å²) in [5.41, 5.74) is 1.05. The summed E-state index contributed by atoms with van der Waals surface area (Å²) in [5.74, 6) is 0.711. The van der Waals surface area contributed by atoms with Gasteiger partial charge in [-0.15, -0.1) is 0 Å². The molecule has 1 heterocycles. The third kappa shape index (κ3) is 4.67. The van der Waals surface area contributed by atoms with Crippen LogP contribution in [-0.4, -0.2) is 36.3 Å². The van der Waals surface area contributed by atoms with E-state index < -0.39 is 0 Å². The monoisotopic (exact) mass is 292 g/mol. The second kappa shape index (κ2) is 7.36. The predicted octanol–water partition coefficient (Wildman–Crippen LogP) is 1.79. The molecular weight excluding hydrogens is 268 g/mol. The highest BCUT2D eigenvalue weighted by Crippen LogP contribution is 2.43. The van der Waals surface area contributed by atoms with Gasteiger partial charge in [-0.05, 0) is 37.7 Å². The van der Waals surface area contributed by atoms with Gasteiger partial charge in [0.05, 0.1) is 12.2 Å². The molecule has 1 fully saturated rings. The molecule has 0 aromatic carbocycles. The topological polar surface area (TPSA) is 76.1 Å². The first-order valence-corrected chi connectivity index (χ1v) is 7.43. The van der Waals surface area contributed by atoms with Crippen molar-refractivity contribution in [2.75, 3.05) is 20.3 Å². The highest BCUT2D eigenvalue weighted by atomic mass is 16.5. The number of ether oxygens (including phenoxy) is 1. The van der Waals surface area contributed by atoms with Crippen molar-refractivity contribution >= 4 is 6.03 Å². The normalized spacial score (nSPS) is 16.1. The maximum Gasteiger partial charge on any atom is 0.315 e. The zero-order valence-corrected chi connectivity index (χ0v) is 12.8. The van der Waals surface area contributed by atoms with Crippen molar-refractivity contribution in [2.24, 2.45) is 5.41 Å². The molecule has 0 bridgehead atoms. The molecule has 6 heteroatoms. The molecule has 0 unspecified atom stereocenters. The number of amides is 2. The van der Waals surface area contributed by atoms with Crippen molar-refractivity contribution < 1.29 is 9.53 Å². The van der Waals surface area contributed by atoms with Gasteiger partial charge in [-0.2, -0.15) is 0 Å². The highest BCUT2D eigenvalue weighted by molar-refractivity contribution is 5.73.